The number of hydrogen-bond acceptors (Lipinski definition) is 10. The van der Waals surface area contributed by atoms with E-state index < -0.39 is 0 Å². The predicted octanol–water partition coefficient (Wildman–Crippen LogP) is 1.47. The lowest BCUT2D eigenvalue weighted by Crippen LogP contribution is -2.43. The van der Waals surface area contributed by atoms with E-state index in [4.69, 9.17) is 15.2 Å². The van der Waals surface area contributed by atoms with Crippen molar-refractivity contribution in [1.82, 2.24) is 29.3 Å². The van der Waals surface area contributed by atoms with E-state index in [2.05, 4.69) is 21.9 Å². The number of nitrogens with zero attached hydrogens (tertiary/aromatic N) is 5. The zero-order chi connectivity index (χ0) is 30.1. The number of amides is 1. The van der Waals surface area contributed by atoms with E-state index in [0.717, 1.165) is 43.4 Å². The van der Waals surface area contributed by atoms with Crippen LogP contribution in [-0.2, 0) is 33.8 Å². The Morgan fingerprint density at radius 1 is 1.19 bits per heavy atom. The van der Waals surface area contributed by atoms with Crippen LogP contribution in [0.1, 0.15) is 50.2 Å². The largest absolute Gasteiger partial charge is 0.469 e. The molecule has 0 radical (unpaired) electrons. The first-order chi connectivity index (χ1) is 20.3. The number of aliphatic hydroxyl groups excluding tert-OH is 1. The van der Waals surface area contributed by atoms with Crippen LogP contribution < -0.4 is 16.2 Å². The molecule has 1 saturated heterocycles. The molecule has 1 aromatic carbocycles. The van der Waals surface area contributed by atoms with Gasteiger partial charge in [-0.2, -0.15) is 9.97 Å². The van der Waals surface area contributed by atoms with Gasteiger partial charge in [0.2, 0.25) is 5.91 Å². The molecule has 3 aromatic rings. The summed E-state index contributed by atoms with van der Waals surface area (Å²) in [5.41, 5.74) is 8.17. The minimum Gasteiger partial charge on any atom is -0.469 e. The number of aromatic nitrogens is 4. The Kier molecular flexibility index (Phi) is 10.9. The number of rotatable bonds is 15. The number of nitrogens with two attached hydrogens (primary N) is 1. The van der Waals surface area contributed by atoms with Crippen LogP contribution >= 0.6 is 0 Å². The van der Waals surface area contributed by atoms with Crippen LogP contribution in [0.15, 0.2) is 29.1 Å². The van der Waals surface area contributed by atoms with Crippen molar-refractivity contribution in [3.63, 3.8) is 0 Å². The Morgan fingerprint density at radius 2 is 1.95 bits per heavy atom. The topological polar surface area (TPSA) is 169 Å². The predicted molar refractivity (Wildman–Crippen MR) is 157 cm³/mol. The summed E-state index contributed by atoms with van der Waals surface area (Å²) in [6.07, 6.45) is 4.27. The summed E-state index contributed by atoms with van der Waals surface area (Å²) in [6, 6.07) is 7.61. The number of anilines is 1. The number of benzene rings is 1. The van der Waals surface area contributed by atoms with Crippen molar-refractivity contribution in [1.29, 1.82) is 0 Å². The van der Waals surface area contributed by atoms with Crippen molar-refractivity contribution >= 4 is 28.9 Å². The van der Waals surface area contributed by atoms with Crippen molar-refractivity contribution in [3.05, 3.63) is 45.9 Å². The molecule has 13 heteroatoms. The number of aromatic amines is 1. The van der Waals surface area contributed by atoms with E-state index in [-0.39, 0.29) is 55.0 Å². The Morgan fingerprint density at radius 3 is 2.67 bits per heavy atom. The molecule has 1 fully saturated rings. The quantitative estimate of drug-likeness (QED) is 0.176. The van der Waals surface area contributed by atoms with Gasteiger partial charge < -0.3 is 30.2 Å². The van der Waals surface area contributed by atoms with Crippen molar-refractivity contribution in [2.45, 2.75) is 64.6 Å². The molecular formula is C29H41N7O6. The van der Waals surface area contributed by atoms with Gasteiger partial charge in [-0.3, -0.25) is 19.1 Å². The maximum atomic E-state index is 13.5. The number of ether oxygens (including phenoxy) is 2. The summed E-state index contributed by atoms with van der Waals surface area (Å²) in [4.78, 5) is 53.0. The number of likely N-dealkylation sites (tertiary alicyclic amines) is 1. The van der Waals surface area contributed by atoms with Gasteiger partial charge in [0, 0.05) is 25.7 Å². The van der Waals surface area contributed by atoms with Crippen LogP contribution in [-0.4, -0.2) is 92.3 Å². The van der Waals surface area contributed by atoms with Gasteiger partial charge in [0.25, 0.3) is 0 Å². The van der Waals surface area contributed by atoms with Gasteiger partial charge >= 0.3 is 17.7 Å². The third-order valence-corrected chi connectivity index (χ3v) is 7.54. The standard InChI is InChI=1S/C29H41N7O6/c1-3-4-15-42-28-32-26(30)25-27(33-28)36(29(40)31-25)14-6-13-35(23(38)18-34-12-5-7-22(34)19-37)17-21-10-8-20(9-11-21)16-24(39)41-2/h8-11,22,37H,3-7,12-19H2,1-2H3,(H,31,40)(H2,30,32,33)/t22-/m0/s1. The minimum absolute atomic E-state index is 0.0166. The van der Waals surface area contributed by atoms with Crippen LogP contribution in [0.3, 0.4) is 0 Å². The zero-order valence-electron chi connectivity index (χ0n) is 24.4. The van der Waals surface area contributed by atoms with E-state index in [1.165, 1.54) is 11.7 Å². The highest BCUT2D eigenvalue weighted by atomic mass is 16.5. The van der Waals surface area contributed by atoms with Gasteiger partial charge in [-0.15, -0.1) is 0 Å². The third kappa shape index (κ3) is 7.85. The lowest BCUT2D eigenvalue weighted by molar-refractivity contribution is -0.139. The van der Waals surface area contributed by atoms with Gasteiger partial charge in [0.15, 0.2) is 11.5 Å². The molecule has 0 aliphatic carbocycles. The van der Waals surface area contributed by atoms with Gasteiger partial charge in [-0.25, -0.2) is 4.79 Å². The lowest BCUT2D eigenvalue weighted by Gasteiger charge is -2.28. The minimum atomic E-state index is -0.362. The number of aryl methyl sites for hydroxylation is 1. The summed E-state index contributed by atoms with van der Waals surface area (Å²) < 4.78 is 11.9. The number of unbranched alkanes of at least 4 members (excludes halogenated alkanes) is 1. The van der Waals surface area contributed by atoms with E-state index >= 15 is 0 Å². The van der Waals surface area contributed by atoms with Gasteiger partial charge in [0.05, 0.1) is 33.3 Å². The van der Waals surface area contributed by atoms with Crippen LogP contribution in [0.2, 0.25) is 0 Å². The Balaban J connectivity index is 1.48. The van der Waals surface area contributed by atoms with Crippen LogP contribution in [0.25, 0.3) is 11.2 Å². The highest BCUT2D eigenvalue weighted by Crippen LogP contribution is 2.20. The second-order valence-electron chi connectivity index (χ2n) is 10.6. The molecular weight excluding hydrogens is 542 g/mol. The lowest BCUT2D eigenvalue weighted by atomic mass is 10.1. The molecule has 1 aliphatic rings. The van der Waals surface area contributed by atoms with Gasteiger partial charge in [-0.05, 0) is 43.4 Å². The number of aliphatic hydroxyl groups is 1. The number of esters is 1. The SMILES string of the molecule is CCCCOc1nc(N)c2[nH]c(=O)n(CCCN(Cc3ccc(CC(=O)OC)cc3)C(=O)CN3CCC[C@H]3CO)c2n1. The number of nitrogens with one attached hydrogen (secondary N) is 1. The summed E-state index contributed by atoms with van der Waals surface area (Å²) in [5, 5.41) is 9.73. The number of hydrogen-bond donors (Lipinski definition) is 3. The molecule has 42 heavy (non-hydrogen) atoms. The van der Waals surface area contributed by atoms with Crippen molar-refractivity contribution in [2.75, 3.05) is 45.7 Å². The Bertz CT molecular complexity index is 1400. The van der Waals surface area contributed by atoms with E-state index in [0.29, 0.717) is 43.8 Å². The molecule has 1 atom stereocenters. The number of carbonyl (C=O) groups is 2. The van der Waals surface area contributed by atoms with Gasteiger partial charge in [0.1, 0.15) is 5.52 Å². The van der Waals surface area contributed by atoms with Gasteiger partial charge in [-0.1, -0.05) is 37.6 Å². The van der Waals surface area contributed by atoms with Crippen molar-refractivity contribution in [2.24, 2.45) is 0 Å². The second kappa shape index (κ2) is 14.8. The molecule has 13 nitrogen and oxygen atoms in total. The number of methoxy groups -OCH3 is 1. The Hall–Kier alpha value is -3.97. The molecule has 0 unspecified atom stereocenters. The second-order valence-corrected chi connectivity index (χ2v) is 10.6. The molecule has 1 amide bonds. The first-order valence-corrected chi connectivity index (χ1v) is 14.5. The number of H-pyrrole nitrogens is 1. The molecule has 228 valence electrons. The third-order valence-electron chi connectivity index (χ3n) is 7.54. The highest BCUT2D eigenvalue weighted by molar-refractivity contribution is 5.82. The number of imidazole rings is 1. The smallest absolute Gasteiger partial charge is 0.327 e. The normalized spacial score (nSPS) is 15.3. The molecule has 3 heterocycles. The summed E-state index contributed by atoms with van der Waals surface area (Å²) in [6.45, 7) is 4.55. The number of nitrogen functional groups attached to an aromatic ring is 1. The molecule has 4 N–H and O–H groups in total. The average molecular weight is 584 g/mol. The van der Waals surface area contributed by atoms with E-state index in [9.17, 15) is 19.5 Å². The zero-order valence-corrected chi connectivity index (χ0v) is 24.4. The molecule has 4 rings (SSSR count). The fraction of sp³-hybridized carbons (Fsp3) is 0.552. The van der Waals surface area contributed by atoms with E-state index in [1.54, 1.807) is 4.90 Å². The highest BCUT2D eigenvalue weighted by Gasteiger charge is 2.27. The molecule has 1 aliphatic heterocycles. The van der Waals surface area contributed by atoms with E-state index in [1.807, 2.05) is 29.2 Å². The molecule has 0 saturated carbocycles. The first kappa shape index (κ1) is 31.0. The van der Waals surface area contributed by atoms with Crippen LogP contribution in [0.4, 0.5) is 5.82 Å². The number of fused-ring (bicyclic) bond motifs is 1. The summed E-state index contributed by atoms with van der Waals surface area (Å²) in [7, 11) is 1.36. The average Bonchev–Trinajstić information content (AvgIpc) is 3.56. The first-order valence-electron chi connectivity index (χ1n) is 14.5. The molecule has 2 aromatic heterocycles. The van der Waals surface area contributed by atoms with Crippen molar-refractivity contribution < 1.29 is 24.2 Å². The fourth-order valence-corrected chi connectivity index (χ4v) is 5.13. The van der Waals surface area contributed by atoms with Crippen LogP contribution in [0.5, 0.6) is 6.01 Å². The molecule has 0 bridgehead atoms. The maximum Gasteiger partial charge on any atom is 0.327 e. The molecule has 0 spiro atoms. The van der Waals surface area contributed by atoms with Crippen LogP contribution in [0, 0.1) is 0 Å². The number of carbonyl (C=O) groups excluding carboxylic acids is 2. The summed E-state index contributed by atoms with van der Waals surface area (Å²) >= 11 is 0. The summed E-state index contributed by atoms with van der Waals surface area (Å²) in [5.74, 6) is -0.236. The van der Waals surface area contributed by atoms with Crippen molar-refractivity contribution in [3.8, 4) is 6.01 Å². The monoisotopic (exact) mass is 583 g/mol. The Labute approximate surface area is 244 Å². The maximum absolute atomic E-state index is 13.5. The fourth-order valence-electron chi connectivity index (χ4n) is 5.13.